The summed E-state index contributed by atoms with van der Waals surface area (Å²) in [6.07, 6.45) is 0.134. The lowest BCUT2D eigenvalue weighted by molar-refractivity contribution is -0.137. The molecule has 1 amide bonds. The number of hydrogen-bond donors (Lipinski definition) is 1. The van der Waals surface area contributed by atoms with Crippen molar-refractivity contribution in [3.63, 3.8) is 0 Å². The fourth-order valence-electron chi connectivity index (χ4n) is 2.01. The number of halogens is 3. The van der Waals surface area contributed by atoms with Gasteiger partial charge < -0.3 is 10.1 Å². The van der Waals surface area contributed by atoms with Crippen molar-refractivity contribution in [2.45, 2.75) is 13.3 Å². The summed E-state index contributed by atoms with van der Waals surface area (Å²) in [7, 11) is 1.28. The molecule has 0 radical (unpaired) electrons. The lowest BCUT2D eigenvalue weighted by atomic mass is 10.1. The molecule has 2 rings (SSSR count). The highest BCUT2D eigenvalue weighted by atomic mass is 32.2. The summed E-state index contributed by atoms with van der Waals surface area (Å²) >= 11 is 2.30. The fourth-order valence-corrected chi connectivity index (χ4v) is 3.61. The summed E-state index contributed by atoms with van der Waals surface area (Å²) in [4.78, 5) is 27.4. The Labute approximate surface area is 156 Å². The van der Waals surface area contributed by atoms with Gasteiger partial charge in [0.05, 0.1) is 24.1 Å². The zero-order valence-electron chi connectivity index (χ0n) is 13.9. The van der Waals surface area contributed by atoms with Crippen molar-refractivity contribution in [2.24, 2.45) is 0 Å². The second-order valence-electron chi connectivity index (χ2n) is 5.10. The van der Waals surface area contributed by atoms with E-state index in [1.54, 1.807) is 6.92 Å². The molecule has 1 aromatic carbocycles. The van der Waals surface area contributed by atoms with Crippen molar-refractivity contribution in [1.29, 1.82) is 0 Å². The number of anilines is 1. The molecule has 140 valence electrons. The molecule has 2 aromatic rings. The van der Waals surface area contributed by atoms with Crippen molar-refractivity contribution in [1.82, 2.24) is 4.98 Å². The highest BCUT2D eigenvalue weighted by Crippen LogP contribution is 2.34. The molecule has 0 spiro atoms. The quantitative estimate of drug-likeness (QED) is 0.562. The van der Waals surface area contributed by atoms with Crippen LogP contribution in [0, 0.1) is 24.4 Å². The topological polar surface area (TPSA) is 68.3 Å². The van der Waals surface area contributed by atoms with Gasteiger partial charge in [-0.05, 0) is 6.92 Å². The summed E-state index contributed by atoms with van der Waals surface area (Å²) < 4.78 is 45.3. The number of aryl methyl sites for hydroxylation is 1. The number of carbonyl (C=O) groups is 2. The predicted molar refractivity (Wildman–Crippen MR) is 94.7 cm³/mol. The van der Waals surface area contributed by atoms with Gasteiger partial charge in [0.15, 0.2) is 5.13 Å². The third-order valence-electron chi connectivity index (χ3n) is 3.21. The average molecular weight is 404 g/mol. The number of benzene rings is 1. The molecule has 1 heterocycles. The van der Waals surface area contributed by atoms with Gasteiger partial charge in [0.1, 0.15) is 17.5 Å². The number of carbonyl (C=O) groups excluding carboxylic acids is 2. The van der Waals surface area contributed by atoms with Crippen LogP contribution < -0.4 is 5.32 Å². The van der Waals surface area contributed by atoms with Crippen molar-refractivity contribution in [2.75, 3.05) is 23.9 Å². The molecular weight excluding hydrogens is 389 g/mol. The minimum Gasteiger partial charge on any atom is -0.468 e. The Bertz CT molecular complexity index is 804. The molecule has 0 atom stereocenters. The molecule has 5 nitrogen and oxygen atoms in total. The van der Waals surface area contributed by atoms with Gasteiger partial charge >= 0.3 is 5.97 Å². The first-order valence-corrected chi connectivity index (χ1v) is 9.35. The van der Waals surface area contributed by atoms with Crippen LogP contribution >= 0.6 is 23.1 Å². The average Bonchev–Trinajstić information content (AvgIpc) is 2.90. The van der Waals surface area contributed by atoms with E-state index in [2.05, 4.69) is 15.0 Å². The molecule has 0 bridgehead atoms. The zero-order chi connectivity index (χ0) is 19.3. The van der Waals surface area contributed by atoms with Crippen molar-refractivity contribution >= 4 is 40.1 Å². The van der Waals surface area contributed by atoms with Gasteiger partial charge in [-0.15, -0.1) is 23.1 Å². The molecule has 0 aliphatic rings. The third-order valence-corrected chi connectivity index (χ3v) is 5.03. The van der Waals surface area contributed by atoms with E-state index in [1.165, 1.54) is 18.9 Å². The Morgan fingerprint density at radius 2 is 1.92 bits per heavy atom. The number of hydrogen-bond acceptors (Lipinski definition) is 6. The van der Waals surface area contributed by atoms with Gasteiger partial charge in [-0.2, -0.15) is 0 Å². The van der Waals surface area contributed by atoms with E-state index in [4.69, 9.17) is 0 Å². The van der Waals surface area contributed by atoms with E-state index in [1.807, 2.05) is 0 Å². The predicted octanol–water partition coefficient (Wildman–Crippen LogP) is 3.77. The van der Waals surface area contributed by atoms with Gasteiger partial charge in [-0.3, -0.25) is 9.59 Å². The lowest BCUT2D eigenvalue weighted by Gasteiger charge is -2.03. The number of amides is 1. The Hall–Kier alpha value is -2.07. The normalized spacial score (nSPS) is 10.7. The summed E-state index contributed by atoms with van der Waals surface area (Å²) in [5.41, 5.74) is -0.422. The maximum absolute atomic E-state index is 13.9. The number of ether oxygens (including phenoxy) is 1. The molecule has 0 aliphatic carbocycles. The smallest absolute Gasteiger partial charge is 0.315 e. The molecule has 0 fully saturated rings. The van der Waals surface area contributed by atoms with E-state index >= 15 is 0 Å². The van der Waals surface area contributed by atoms with Crippen LogP contribution in [0.5, 0.6) is 0 Å². The van der Waals surface area contributed by atoms with Gasteiger partial charge in [-0.1, -0.05) is 0 Å². The molecule has 1 N–H and O–H groups in total. The first-order chi connectivity index (χ1) is 12.3. The number of methoxy groups -OCH3 is 1. The Kier molecular flexibility index (Phi) is 7.04. The summed E-state index contributed by atoms with van der Waals surface area (Å²) in [6, 6.07) is 1.15. The second-order valence-corrected chi connectivity index (χ2v) is 7.40. The molecule has 0 saturated heterocycles. The first kappa shape index (κ1) is 20.2. The van der Waals surface area contributed by atoms with Crippen molar-refractivity contribution in [3.05, 3.63) is 34.5 Å². The van der Waals surface area contributed by atoms with Crippen LogP contribution in [0.2, 0.25) is 0 Å². The van der Waals surface area contributed by atoms with Gasteiger partial charge in [0.25, 0.3) is 0 Å². The molecule has 26 heavy (non-hydrogen) atoms. The third kappa shape index (κ3) is 5.21. The minimum absolute atomic E-state index is 0.0142. The number of thioether (sulfide) groups is 1. The van der Waals surface area contributed by atoms with Crippen LogP contribution in [-0.4, -0.2) is 35.5 Å². The Morgan fingerprint density at radius 1 is 1.27 bits per heavy atom. The second kappa shape index (κ2) is 9.04. The number of nitrogens with zero attached hydrogens (tertiary/aromatic N) is 1. The highest BCUT2D eigenvalue weighted by molar-refractivity contribution is 7.99. The fraction of sp³-hybridized carbons (Fsp3) is 0.312. The number of thiazole rings is 1. The molecule has 1 aromatic heterocycles. The maximum atomic E-state index is 13.9. The van der Waals surface area contributed by atoms with E-state index in [0.717, 1.165) is 11.3 Å². The van der Waals surface area contributed by atoms with E-state index in [-0.39, 0.29) is 34.9 Å². The Morgan fingerprint density at radius 3 is 2.54 bits per heavy atom. The highest BCUT2D eigenvalue weighted by Gasteiger charge is 2.20. The SMILES string of the molecule is COC(=O)CSCCC(=O)Nc1nc(-c2c(F)cc(F)cc2F)c(C)s1. The van der Waals surface area contributed by atoms with Crippen LogP contribution in [0.25, 0.3) is 11.3 Å². The lowest BCUT2D eigenvalue weighted by Crippen LogP contribution is -2.13. The summed E-state index contributed by atoms with van der Waals surface area (Å²) in [5, 5.41) is 2.73. The van der Waals surface area contributed by atoms with E-state index < -0.39 is 23.0 Å². The molecular formula is C16H15F3N2O3S2. The van der Waals surface area contributed by atoms with E-state index in [0.29, 0.717) is 22.8 Å². The van der Waals surface area contributed by atoms with Crippen LogP contribution in [0.3, 0.4) is 0 Å². The standard InChI is InChI=1S/C16H15F3N2O3S2/c1-8-15(14-10(18)5-9(17)6-11(14)19)21-16(26-8)20-12(22)3-4-25-7-13(23)24-2/h5-6H,3-4,7H2,1-2H3,(H,20,21,22). The number of rotatable bonds is 7. The maximum Gasteiger partial charge on any atom is 0.315 e. The Balaban J connectivity index is 2.02. The van der Waals surface area contributed by atoms with Crippen LogP contribution in [0.1, 0.15) is 11.3 Å². The number of aromatic nitrogens is 1. The van der Waals surface area contributed by atoms with Crippen LogP contribution in [-0.2, 0) is 14.3 Å². The summed E-state index contributed by atoms with van der Waals surface area (Å²) in [5.74, 6) is -3.32. The van der Waals surface area contributed by atoms with Gasteiger partial charge in [0.2, 0.25) is 5.91 Å². The monoisotopic (exact) mass is 404 g/mol. The number of nitrogens with one attached hydrogen (secondary N) is 1. The van der Waals surface area contributed by atoms with Gasteiger partial charge in [-0.25, -0.2) is 18.2 Å². The van der Waals surface area contributed by atoms with Gasteiger partial charge in [0, 0.05) is 29.2 Å². The molecule has 0 aliphatic heterocycles. The van der Waals surface area contributed by atoms with Crippen LogP contribution in [0.15, 0.2) is 12.1 Å². The van der Waals surface area contributed by atoms with E-state index in [9.17, 15) is 22.8 Å². The minimum atomic E-state index is -1.06. The number of esters is 1. The first-order valence-electron chi connectivity index (χ1n) is 7.38. The van der Waals surface area contributed by atoms with Crippen LogP contribution in [0.4, 0.5) is 18.3 Å². The van der Waals surface area contributed by atoms with Crippen molar-refractivity contribution < 1.29 is 27.5 Å². The summed E-state index contributed by atoms with van der Waals surface area (Å²) in [6.45, 7) is 1.59. The zero-order valence-corrected chi connectivity index (χ0v) is 15.5. The molecule has 10 heteroatoms. The molecule has 0 unspecified atom stereocenters. The largest absolute Gasteiger partial charge is 0.468 e. The van der Waals surface area contributed by atoms with Crippen molar-refractivity contribution in [3.8, 4) is 11.3 Å². The molecule has 0 saturated carbocycles.